The van der Waals surface area contributed by atoms with Gasteiger partial charge < -0.3 is 24.9 Å². The maximum atomic E-state index is 9.82. The number of rotatable bonds is 8. The molecule has 29 heavy (non-hydrogen) atoms. The molecule has 1 aliphatic carbocycles. The molecule has 3 N–H and O–H groups in total. The number of aliphatic hydroxyl groups is 1. The van der Waals surface area contributed by atoms with E-state index in [1.54, 1.807) is 7.11 Å². The quantitative estimate of drug-likeness (QED) is 0.484. The van der Waals surface area contributed by atoms with Gasteiger partial charge in [0.15, 0.2) is 0 Å². The second kappa shape index (κ2) is 9.44. The number of H-pyrrole nitrogens is 1. The summed E-state index contributed by atoms with van der Waals surface area (Å²) < 4.78 is 10.8. The fraction of sp³-hybridized carbons (Fsp3) is 0.417. The summed E-state index contributed by atoms with van der Waals surface area (Å²) in [5.41, 5.74) is 5.66. The number of aliphatic hydroxyl groups excluding tert-OH is 1. The first-order valence-electron chi connectivity index (χ1n) is 10.5. The van der Waals surface area contributed by atoms with Gasteiger partial charge in [-0.1, -0.05) is 30.3 Å². The SMILES string of the molecule is COCCOCc1cc(NC2CCC(O)CC2)c2[nH]c(-c3ccccc3)cc2c1. The highest BCUT2D eigenvalue weighted by molar-refractivity contribution is 5.95. The highest BCUT2D eigenvalue weighted by atomic mass is 16.5. The standard InChI is InChI=1S/C24H30N2O3/c1-28-11-12-29-16-17-13-19-15-22(18-5-3-2-4-6-18)26-24(19)23(14-17)25-20-7-9-21(27)10-8-20/h2-6,13-15,20-21,25-27H,7-12,16H2,1H3. The summed E-state index contributed by atoms with van der Waals surface area (Å²) in [6.07, 6.45) is 3.55. The van der Waals surface area contributed by atoms with Crippen molar-refractivity contribution in [2.75, 3.05) is 25.6 Å². The van der Waals surface area contributed by atoms with Gasteiger partial charge in [-0.15, -0.1) is 0 Å². The van der Waals surface area contributed by atoms with E-state index in [1.807, 2.05) is 6.07 Å². The fourth-order valence-corrected chi connectivity index (χ4v) is 4.05. The minimum absolute atomic E-state index is 0.149. The first kappa shape index (κ1) is 20.0. The number of hydrogen-bond donors (Lipinski definition) is 3. The third-order valence-electron chi connectivity index (χ3n) is 5.63. The molecular weight excluding hydrogens is 364 g/mol. The minimum atomic E-state index is -0.149. The van der Waals surface area contributed by atoms with Gasteiger partial charge >= 0.3 is 0 Å². The first-order chi connectivity index (χ1) is 14.2. The average Bonchev–Trinajstić information content (AvgIpc) is 3.18. The third-order valence-corrected chi connectivity index (χ3v) is 5.63. The second-order valence-corrected chi connectivity index (χ2v) is 7.85. The van der Waals surface area contributed by atoms with Crippen LogP contribution in [0.1, 0.15) is 31.2 Å². The summed E-state index contributed by atoms with van der Waals surface area (Å²) in [7, 11) is 1.68. The number of fused-ring (bicyclic) bond motifs is 1. The van der Waals surface area contributed by atoms with E-state index in [0.717, 1.165) is 48.1 Å². The average molecular weight is 395 g/mol. The summed E-state index contributed by atoms with van der Waals surface area (Å²) in [4.78, 5) is 3.61. The molecule has 5 nitrogen and oxygen atoms in total. The van der Waals surface area contributed by atoms with Crippen LogP contribution >= 0.6 is 0 Å². The Morgan fingerprint density at radius 1 is 1.03 bits per heavy atom. The van der Waals surface area contributed by atoms with Crippen LogP contribution in [-0.2, 0) is 16.1 Å². The van der Waals surface area contributed by atoms with E-state index in [-0.39, 0.29) is 6.10 Å². The third kappa shape index (κ3) is 4.99. The van der Waals surface area contributed by atoms with E-state index in [9.17, 15) is 5.11 Å². The van der Waals surface area contributed by atoms with Gasteiger partial charge in [0.2, 0.25) is 0 Å². The molecule has 0 unspecified atom stereocenters. The van der Waals surface area contributed by atoms with E-state index in [1.165, 1.54) is 10.9 Å². The predicted molar refractivity (Wildman–Crippen MR) is 117 cm³/mol. The summed E-state index contributed by atoms with van der Waals surface area (Å²) >= 11 is 0. The Labute approximate surface area is 172 Å². The largest absolute Gasteiger partial charge is 0.393 e. The van der Waals surface area contributed by atoms with Crippen LogP contribution in [0.4, 0.5) is 5.69 Å². The molecule has 0 amide bonds. The van der Waals surface area contributed by atoms with Gasteiger partial charge in [-0.2, -0.15) is 0 Å². The number of anilines is 1. The lowest BCUT2D eigenvalue weighted by Gasteiger charge is -2.27. The fourth-order valence-electron chi connectivity index (χ4n) is 4.05. The van der Waals surface area contributed by atoms with Crippen molar-refractivity contribution in [3.05, 3.63) is 54.1 Å². The molecule has 4 rings (SSSR count). The van der Waals surface area contributed by atoms with Crippen LogP contribution in [0.25, 0.3) is 22.2 Å². The number of ether oxygens (including phenoxy) is 2. The van der Waals surface area contributed by atoms with Gasteiger partial charge in [0.05, 0.1) is 37.1 Å². The molecule has 0 saturated heterocycles. The molecule has 2 aromatic carbocycles. The van der Waals surface area contributed by atoms with E-state index in [4.69, 9.17) is 9.47 Å². The van der Waals surface area contributed by atoms with Gasteiger partial charge in [0.25, 0.3) is 0 Å². The molecule has 0 spiro atoms. The number of aromatic nitrogens is 1. The van der Waals surface area contributed by atoms with Crippen molar-refractivity contribution < 1.29 is 14.6 Å². The summed E-state index contributed by atoms with van der Waals surface area (Å²) in [5, 5.41) is 14.7. The number of nitrogens with one attached hydrogen (secondary N) is 2. The zero-order chi connectivity index (χ0) is 20.1. The van der Waals surface area contributed by atoms with Crippen LogP contribution in [-0.4, -0.2) is 42.6 Å². The Morgan fingerprint density at radius 3 is 2.59 bits per heavy atom. The number of hydrogen-bond acceptors (Lipinski definition) is 4. The first-order valence-corrected chi connectivity index (χ1v) is 10.5. The maximum Gasteiger partial charge on any atom is 0.0719 e. The molecule has 0 radical (unpaired) electrons. The Kier molecular flexibility index (Phi) is 6.49. The molecular formula is C24H30N2O3. The van der Waals surface area contributed by atoms with E-state index in [2.05, 4.69) is 52.8 Å². The van der Waals surface area contributed by atoms with Crippen LogP contribution in [0.3, 0.4) is 0 Å². The van der Waals surface area contributed by atoms with Crippen molar-refractivity contribution in [2.45, 2.75) is 44.4 Å². The molecule has 0 atom stereocenters. The van der Waals surface area contributed by atoms with Crippen molar-refractivity contribution in [2.24, 2.45) is 0 Å². The molecule has 154 valence electrons. The van der Waals surface area contributed by atoms with Crippen molar-refractivity contribution >= 4 is 16.6 Å². The summed E-state index contributed by atoms with van der Waals surface area (Å²) in [6.45, 7) is 1.74. The van der Waals surface area contributed by atoms with E-state index < -0.39 is 0 Å². The molecule has 3 aromatic rings. The second-order valence-electron chi connectivity index (χ2n) is 7.85. The lowest BCUT2D eigenvalue weighted by atomic mass is 9.93. The zero-order valence-electron chi connectivity index (χ0n) is 17.0. The minimum Gasteiger partial charge on any atom is -0.393 e. The monoisotopic (exact) mass is 394 g/mol. The van der Waals surface area contributed by atoms with Crippen molar-refractivity contribution in [3.63, 3.8) is 0 Å². The smallest absolute Gasteiger partial charge is 0.0719 e. The number of aromatic amines is 1. The van der Waals surface area contributed by atoms with Gasteiger partial charge in [-0.05, 0) is 55.0 Å². The molecule has 1 aromatic heterocycles. The van der Waals surface area contributed by atoms with Gasteiger partial charge in [0, 0.05) is 24.2 Å². The van der Waals surface area contributed by atoms with Crippen LogP contribution in [0.5, 0.6) is 0 Å². The van der Waals surface area contributed by atoms with Crippen LogP contribution in [0.15, 0.2) is 48.5 Å². The molecule has 1 heterocycles. The van der Waals surface area contributed by atoms with Crippen molar-refractivity contribution in [1.82, 2.24) is 4.98 Å². The van der Waals surface area contributed by atoms with Crippen molar-refractivity contribution in [3.8, 4) is 11.3 Å². The van der Waals surface area contributed by atoms with Gasteiger partial charge in [-0.3, -0.25) is 0 Å². The molecule has 0 bridgehead atoms. The highest BCUT2D eigenvalue weighted by Crippen LogP contribution is 2.32. The molecule has 1 saturated carbocycles. The molecule has 1 fully saturated rings. The van der Waals surface area contributed by atoms with E-state index >= 15 is 0 Å². The summed E-state index contributed by atoms with van der Waals surface area (Å²) in [5.74, 6) is 0. The van der Waals surface area contributed by atoms with Crippen LogP contribution in [0.2, 0.25) is 0 Å². The van der Waals surface area contributed by atoms with Gasteiger partial charge in [0.1, 0.15) is 0 Å². The Morgan fingerprint density at radius 2 is 1.83 bits per heavy atom. The molecule has 1 aliphatic rings. The highest BCUT2D eigenvalue weighted by Gasteiger charge is 2.20. The Bertz CT molecular complexity index is 915. The molecule has 0 aliphatic heterocycles. The number of methoxy groups -OCH3 is 1. The summed E-state index contributed by atoms with van der Waals surface area (Å²) in [6, 6.07) is 17.4. The lowest BCUT2D eigenvalue weighted by Crippen LogP contribution is -2.28. The Balaban J connectivity index is 1.62. The van der Waals surface area contributed by atoms with Crippen molar-refractivity contribution in [1.29, 1.82) is 0 Å². The van der Waals surface area contributed by atoms with Crippen LogP contribution < -0.4 is 5.32 Å². The van der Waals surface area contributed by atoms with Crippen LogP contribution in [0, 0.1) is 0 Å². The maximum absolute atomic E-state index is 9.82. The number of benzene rings is 2. The Hall–Kier alpha value is -2.34. The topological polar surface area (TPSA) is 66.5 Å². The zero-order valence-corrected chi connectivity index (χ0v) is 17.0. The van der Waals surface area contributed by atoms with E-state index in [0.29, 0.717) is 25.9 Å². The van der Waals surface area contributed by atoms with Gasteiger partial charge in [-0.25, -0.2) is 0 Å². The lowest BCUT2D eigenvalue weighted by molar-refractivity contribution is 0.0617. The predicted octanol–water partition coefficient (Wildman–Crippen LogP) is 4.71. The normalized spacial score (nSPS) is 19.5. The molecule has 5 heteroatoms.